The highest BCUT2D eigenvalue weighted by Gasteiger charge is 2.20. The van der Waals surface area contributed by atoms with Crippen molar-refractivity contribution in [1.29, 1.82) is 0 Å². The van der Waals surface area contributed by atoms with Crippen molar-refractivity contribution in [2.24, 2.45) is 0 Å². The summed E-state index contributed by atoms with van der Waals surface area (Å²) >= 11 is 7.28. The van der Waals surface area contributed by atoms with Crippen molar-refractivity contribution in [3.8, 4) is 17.1 Å². The lowest BCUT2D eigenvalue weighted by atomic mass is 10.2. The Balaban J connectivity index is 1.47. The zero-order valence-electron chi connectivity index (χ0n) is 14.4. The Kier molecular flexibility index (Phi) is 4.97. The summed E-state index contributed by atoms with van der Waals surface area (Å²) in [5.74, 6) is 0.172. The highest BCUT2D eigenvalue weighted by Crippen LogP contribution is 2.36. The molecule has 0 aliphatic carbocycles. The predicted molar refractivity (Wildman–Crippen MR) is 102 cm³/mol. The third-order valence-electron chi connectivity index (χ3n) is 3.92. The number of esters is 1. The monoisotopic (exact) mass is 418 g/mol. The summed E-state index contributed by atoms with van der Waals surface area (Å²) in [5.41, 5.74) is 0.733. The molecule has 0 radical (unpaired) electrons. The van der Waals surface area contributed by atoms with Crippen LogP contribution in [0.25, 0.3) is 21.5 Å². The number of methoxy groups -OCH3 is 1. The van der Waals surface area contributed by atoms with Gasteiger partial charge in [0.05, 0.1) is 12.1 Å². The molecule has 0 amide bonds. The van der Waals surface area contributed by atoms with E-state index in [1.165, 1.54) is 18.2 Å². The van der Waals surface area contributed by atoms with Gasteiger partial charge in [-0.15, -0.1) is 11.3 Å². The van der Waals surface area contributed by atoms with Crippen molar-refractivity contribution in [3.63, 3.8) is 0 Å². The summed E-state index contributed by atoms with van der Waals surface area (Å²) in [6.07, 6.45) is 0. The first-order valence-electron chi connectivity index (χ1n) is 8.07. The molecule has 0 aliphatic heterocycles. The van der Waals surface area contributed by atoms with Crippen LogP contribution in [0.4, 0.5) is 4.39 Å². The maximum atomic E-state index is 13.3. The Morgan fingerprint density at radius 1 is 1.25 bits per heavy atom. The van der Waals surface area contributed by atoms with Gasteiger partial charge in [0.25, 0.3) is 5.89 Å². The zero-order valence-corrected chi connectivity index (χ0v) is 16.0. The van der Waals surface area contributed by atoms with Gasteiger partial charge in [-0.05, 0) is 42.5 Å². The minimum absolute atomic E-state index is 0.141. The van der Waals surface area contributed by atoms with E-state index in [-0.39, 0.29) is 22.4 Å². The molecule has 2 heterocycles. The molecular formula is C19H12ClFN2O4S. The minimum Gasteiger partial charge on any atom is -0.497 e. The topological polar surface area (TPSA) is 74.5 Å². The number of fused-ring (bicyclic) bond motifs is 1. The van der Waals surface area contributed by atoms with Crippen molar-refractivity contribution in [2.75, 3.05) is 7.11 Å². The second-order valence-electron chi connectivity index (χ2n) is 5.70. The summed E-state index contributed by atoms with van der Waals surface area (Å²) in [5, 5.41) is 4.70. The fourth-order valence-electron chi connectivity index (χ4n) is 2.53. The molecule has 4 aromatic rings. The number of hydrogen-bond donors (Lipinski definition) is 0. The SMILES string of the molecule is COc1ccc(-c2noc(COC(=O)c3sc4cc(F)ccc4c3Cl)n2)cc1. The second kappa shape index (κ2) is 7.57. The number of carbonyl (C=O) groups is 1. The molecule has 142 valence electrons. The van der Waals surface area contributed by atoms with Crippen LogP contribution >= 0.6 is 22.9 Å². The smallest absolute Gasteiger partial charge is 0.350 e. The average molecular weight is 419 g/mol. The van der Waals surface area contributed by atoms with E-state index in [4.69, 9.17) is 25.6 Å². The standard InChI is InChI=1S/C19H12ClFN2O4S/c1-25-12-5-2-10(3-6-12)18-22-15(27-23-18)9-26-19(24)17-16(20)13-7-4-11(21)8-14(13)28-17/h2-8H,9H2,1H3. The molecule has 0 saturated heterocycles. The van der Waals surface area contributed by atoms with Crippen molar-refractivity contribution in [2.45, 2.75) is 6.61 Å². The predicted octanol–water partition coefficient (Wildman–Crippen LogP) is 5.11. The largest absolute Gasteiger partial charge is 0.497 e. The van der Waals surface area contributed by atoms with Crippen LogP contribution in [-0.4, -0.2) is 23.2 Å². The van der Waals surface area contributed by atoms with E-state index < -0.39 is 11.8 Å². The van der Waals surface area contributed by atoms with Crippen molar-refractivity contribution >= 4 is 39.0 Å². The molecule has 0 bridgehead atoms. The number of aromatic nitrogens is 2. The molecule has 0 atom stereocenters. The number of halogens is 2. The Morgan fingerprint density at radius 2 is 2.04 bits per heavy atom. The summed E-state index contributed by atoms with van der Waals surface area (Å²) in [6, 6.07) is 11.3. The van der Waals surface area contributed by atoms with Gasteiger partial charge in [-0.2, -0.15) is 4.98 Å². The molecule has 2 aromatic heterocycles. The molecule has 0 N–H and O–H groups in total. The van der Waals surface area contributed by atoms with Gasteiger partial charge in [0.2, 0.25) is 5.82 Å². The number of thiophene rings is 1. The Morgan fingerprint density at radius 3 is 2.79 bits per heavy atom. The third kappa shape index (κ3) is 3.56. The summed E-state index contributed by atoms with van der Waals surface area (Å²) in [4.78, 5) is 16.7. The first-order chi connectivity index (χ1) is 13.5. The number of nitrogens with zero attached hydrogens (tertiary/aromatic N) is 2. The van der Waals surface area contributed by atoms with Crippen LogP contribution in [0, 0.1) is 5.82 Å². The van der Waals surface area contributed by atoms with Gasteiger partial charge >= 0.3 is 5.97 Å². The number of benzene rings is 2. The molecule has 2 aromatic carbocycles. The normalized spacial score (nSPS) is 11.0. The van der Waals surface area contributed by atoms with Crippen LogP contribution < -0.4 is 4.74 Å². The van der Waals surface area contributed by atoms with Gasteiger partial charge in [0, 0.05) is 15.6 Å². The van der Waals surface area contributed by atoms with Crippen molar-refractivity contribution in [3.05, 3.63) is 64.1 Å². The van der Waals surface area contributed by atoms with E-state index in [0.717, 1.165) is 16.9 Å². The fraction of sp³-hybridized carbons (Fsp3) is 0.105. The van der Waals surface area contributed by atoms with Crippen LogP contribution in [0.5, 0.6) is 5.75 Å². The first-order valence-corrected chi connectivity index (χ1v) is 9.26. The maximum Gasteiger partial charge on any atom is 0.350 e. The van der Waals surface area contributed by atoms with Crippen molar-refractivity contribution < 1.29 is 23.2 Å². The first kappa shape index (κ1) is 18.4. The molecule has 0 fully saturated rings. The van der Waals surface area contributed by atoms with Gasteiger partial charge in [-0.1, -0.05) is 16.8 Å². The minimum atomic E-state index is -0.643. The molecule has 9 heteroatoms. The van der Waals surface area contributed by atoms with E-state index in [1.54, 1.807) is 31.4 Å². The van der Waals surface area contributed by atoms with Gasteiger partial charge in [-0.3, -0.25) is 0 Å². The van der Waals surface area contributed by atoms with Gasteiger partial charge < -0.3 is 14.0 Å². The van der Waals surface area contributed by atoms with E-state index >= 15 is 0 Å². The highest BCUT2D eigenvalue weighted by molar-refractivity contribution is 7.21. The van der Waals surface area contributed by atoms with Gasteiger partial charge in [0.15, 0.2) is 6.61 Å². The molecule has 0 aliphatic rings. The molecule has 0 spiro atoms. The van der Waals surface area contributed by atoms with Crippen LogP contribution in [0.15, 0.2) is 47.0 Å². The fourth-order valence-corrected chi connectivity index (χ4v) is 3.96. The van der Waals surface area contributed by atoms with Crippen LogP contribution in [0.2, 0.25) is 5.02 Å². The quantitative estimate of drug-likeness (QED) is 0.419. The maximum absolute atomic E-state index is 13.3. The van der Waals surface area contributed by atoms with Crippen LogP contribution in [-0.2, 0) is 11.3 Å². The summed E-state index contributed by atoms with van der Waals surface area (Å²) < 4.78 is 29.4. The summed E-state index contributed by atoms with van der Waals surface area (Å²) in [6.45, 7) is -0.207. The molecule has 4 rings (SSSR count). The van der Waals surface area contributed by atoms with Crippen LogP contribution in [0.1, 0.15) is 15.6 Å². The van der Waals surface area contributed by atoms with Crippen LogP contribution in [0.3, 0.4) is 0 Å². The second-order valence-corrected chi connectivity index (χ2v) is 7.13. The Bertz CT molecular complexity index is 1160. The number of hydrogen-bond acceptors (Lipinski definition) is 7. The van der Waals surface area contributed by atoms with E-state index in [1.807, 2.05) is 0 Å². The lowest BCUT2D eigenvalue weighted by molar-refractivity contribution is 0.0436. The molecule has 28 heavy (non-hydrogen) atoms. The highest BCUT2D eigenvalue weighted by atomic mass is 35.5. The number of ether oxygens (including phenoxy) is 2. The number of carbonyl (C=O) groups excluding carboxylic acids is 1. The molecule has 0 unspecified atom stereocenters. The lowest BCUT2D eigenvalue weighted by Gasteiger charge is -2.00. The van der Waals surface area contributed by atoms with Gasteiger partial charge in [0.1, 0.15) is 16.4 Å². The van der Waals surface area contributed by atoms with Crippen molar-refractivity contribution in [1.82, 2.24) is 10.1 Å². The lowest BCUT2D eigenvalue weighted by Crippen LogP contribution is -2.04. The van der Waals surface area contributed by atoms with E-state index in [2.05, 4.69) is 10.1 Å². The molecule has 0 saturated carbocycles. The summed E-state index contributed by atoms with van der Waals surface area (Å²) in [7, 11) is 1.58. The Labute approximate surface area is 167 Å². The van der Waals surface area contributed by atoms with Gasteiger partial charge in [-0.25, -0.2) is 9.18 Å². The third-order valence-corrected chi connectivity index (χ3v) is 5.56. The number of rotatable bonds is 5. The average Bonchev–Trinajstić information content (AvgIpc) is 3.31. The molecular weight excluding hydrogens is 407 g/mol. The molecule has 6 nitrogen and oxygen atoms in total. The zero-order chi connectivity index (χ0) is 19.7. The van der Waals surface area contributed by atoms with E-state index in [9.17, 15) is 9.18 Å². The van der Waals surface area contributed by atoms with E-state index in [0.29, 0.717) is 21.7 Å². The Hall–Kier alpha value is -2.97.